The molecule has 2 atom stereocenters. The fraction of sp³-hybridized carbons (Fsp3) is 0.389. The van der Waals surface area contributed by atoms with Gasteiger partial charge in [0.05, 0.1) is 7.11 Å². The lowest BCUT2D eigenvalue weighted by Gasteiger charge is -2.21. The van der Waals surface area contributed by atoms with Crippen LogP contribution < -0.4 is 5.32 Å². The predicted octanol–water partition coefficient (Wildman–Crippen LogP) is 2.71. The largest absolute Gasteiger partial charge is 0.467 e. The van der Waals surface area contributed by atoms with Gasteiger partial charge in [-0.15, -0.1) is 0 Å². The summed E-state index contributed by atoms with van der Waals surface area (Å²) in [6.45, 7) is 3.27. The molecule has 0 heterocycles. The van der Waals surface area contributed by atoms with Crippen LogP contribution in [0, 0.1) is 5.92 Å². The number of benzene rings is 1. The molecule has 136 valence electrons. The molecule has 0 radical (unpaired) electrons. The molecule has 0 saturated heterocycles. The van der Waals surface area contributed by atoms with Crippen LogP contribution in [0.25, 0.3) is 6.08 Å². The average molecular weight is 412 g/mol. The quantitative estimate of drug-likeness (QED) is 0.525. The van der Waals surface area contributed by atoms with Crippen LogP contribution in [0.15, 0.2) is 34.8 Å². The Morgan fingerprint density at radius 3 is 2.44 bits per heavy atom. The summed E-state index contributed by atoms with van der Waals surface area (Å²) in [5.74, 6) is -1.81. The maximum Gasteiger partial charge on any atom is 0.331 e. The number of esters is 2. The van der Waals surface area contributed by atoms with Crippen LogP contribution in [0.1, 0.15) is 25.8 Å². The lowest BCUT2D eigenvalue weighted by Crippen LogP contribution is -2.47. The van der Waals surface area contributed by atoms with Gasteiger partial charge < -0.3 is 14.8 Å². The smallest absolute Gasteiger partial charge is 0.331 e. The molecular weight excluding hydrogens is 390 g/mol. The maximum absolute atomic E-state index is 11.9. The van der Waals surface area contributed by atoms with Crippen LogP contribution in [0.5, 0.6) is 0 Å². The van der Waals surface area contributed by atoms with Crippen LogP contribution in [0.3, 0.4) is 0 Å². The molecule has 0 fully saturated rings. The van der Waals surface area contributed by atoms with Gasteiger partial charge >= 0.3 is 11.9 Å². The highest BCUT2D eigenvalue weighted by Crippen LogP contribution is 2.11. The standard InChI is InChI=1S/C18H22BrNO5/c1-4-12(2)17(18(23)24-3)20-15(21)11-25-16(22)10-7-13-5-8-14(19)9-6-13/h5-10,12,17H,4,11H2,1-3H3,(H,20,21)/b10-7+/t12-,17+/m0/s1. The molecule has 1 rings (SSSR count). The van der Waals surface area contributed by atoms with E-state index in [1.54, 1.807) is 6.08 Å². The average Bonchev–Trinajstić information content (AvgIpc) is 2.62. The highest BCUT2D eigenvalue weighted by atomic mass is 79.9. The van der Waals surface area contributed by atoms with Crippen molar-refractivity contribution in [3.63, 3.8) is 0 Å². The first kappa shape index (κ1) is 20.9. The van der Waals surface area contributed by atoms with Crippen molar-refractivity contribution >= 4 is 39.9 Å². The number of halogens is 1. The molecule has 0 bridgehead atoms. The van der Waals surface area contributed by atoms with E-state index in [9.17, 15) is 14.4 Å². The van der Waals surface area contributed by atoms with E-state index >= 15 is 0 Å². The number of hydrogen-bond donors (Lipinski definition) is 1. The number of rotatable bonds is 8. The first-order chi connectivity index (χ1) is 11.9. The Morgan fingerprint density at radius 2 is 1.88 bits per heavy atom. The molecule has 0 unspecified atom stereocenters. The molecule has 1 aromatic rings. The zero-order valence-corrected chi connectivity index (χ0v) is 16.0. The molecule has 25 heavy (non-hydrogen) atoms. The summed E-state index contributed by atoms with van der Waals surface area (Å²) < 4.78 is 10.5. The van der Waals surface area contributed by atoms with Gasteiger partial charge in [0.25, 0.3) is 5.91 Å². The van der Waals surface area contributed by atoms with Gasteiger partial charge in [0.15, 0.2) is 6.61 Å². The maximum atomic E-state index is 11.9. The number of methoxy groups -OCH3 is 1. The van der Waals surface area contributed by atoms with Gasteiger partial charge in [-0.1, -0.05) is 48.3 Å². The number of hydrogen-bond acceptors (Lipinski definition) is 5. The number of amides is 1. The van der Waals surface area contributed by atoms with Gasteiger partial charge in [0.1, 0.15) is 6.04 Å². The van der Waals surface area contributed by atoms with Crippen LogP contribution in [0.2, 0.25) is 0 Å². The van der Waals surface area contributed by atoms with Crippen molar-refractivity contribution in [2.75, 3.05) is 13.7 Å². The fourth-order valence-corrected chi connectivity index (χ4v) is 2.20. The summed E-state index contributed by atoms with van der Waals surface area (Å²) in [6, 6.07) is 6.58. The molecule has 6 nitrogen and oxygen atoms in total. The Kier molecular flexibility index (Phi) is 8.91. The van der Waals surface area contributed by atoms with Crippen LogP contribution in [0.4, 0.5) is 0 Å². The summed E-state index contributed by atoms with van der Waals surface area (Å²) in [6.07, 6.45) is 3.52. The van der Waals surface area contributed by atoms with Gasteiger partial charge in [0, 0.05) is 10.5 Å². The Labute approximate surface area is 155 Å². The Hall–Kier alpha value is -2.15. The number of carbonyl (C=O) groups is 3. The van der Waals surface area contributed by atoms with E-state index in [1.807, 2.05) is 38.1 Å². The minimum absolute atomic E-state index is 0.0931. The van der Waals surface area contributed by atoms with E-state index in [-0.39, 0.29) is 5.92 Å². The molecule has 7 heteroatoms. The van der Waals surface area contributed by atoms with Crippen molar-refractivity contribution < 1.29 is 23.9 Å². The van der Waals surface area contributed by atoms with Crippen molar-refractivity contribution in [1.82, 2.24) is 5.32 Å². The Morgan fingerprint density at radius 1 is 1.24 bits per heavy atom. The monoisotopic (exact) mass is 411 g/mol. The molecular formula is C18H22BrNO5. The van der Waals surface area contributed by atoms with E-state index in [0.717, 1.165) is 10.0 Å². The molecule has 0 aliphatic rings. The van der Waals surface area contributed by atoms with Gasteiger partial charge in [0.2, 0.25) is 0 Å². The minimum Gasteiger partial charge on any atom is -0.467 e. The first-order valence-corrected chi connectivity index (χ1v) is 8.64. The van der Waals surface area contributed by atoms with E-state index in [0.29, 0.717) is 6.42 Å². The zero-order valence-electron chi connectivity index (χ0n) is 14.5. The zero-order chi connectivity index (χ0) is 18.8. The summed E-state index contributed by atoms with van der Waals surface area (Å²) in [7, 11) is 1.26. The van der Waals surface area contributed by atoms with E-state index in [1.165, 1.54) is 13.2 Å². The molecule has 1 amide bonds. The van der Waals surface area contributed by atoms with Crippen molar-refractivity contribution in [2.24, 2.45) is 5.92 Å². The molecule has 0 aliphatic heterocycles. The molecule has 0 spiro atoms. The summed E-state index contributed by atoms with van der Waals surface area (Å²) in [5, 5.41) is 2.53. The van der Waals surface area contributed by atoms with Gasteiger partial charge in [-0.2, -0.15) is 0 Å². The lowest BCUT2D eigenvalue weighted by atomic mass is 9.99. The summed E-state index contributed by atoms with van der Waals surface area (Å²) >= 11 is 3.32. The molecule has 1 aromatic carbocycles. The summed E-state index contributed by atoms with van der Waals surface area (Å²) in [5.41, 5.74) is 0.826. The number of carbonyl (C=O) groups excluding carboxylic acids is 3. The van der Waals surface area contributed by atoms with Crippen molar-refractivity contribution in [2.45, 2.75) is 26.3 Å². The number of ether oxygens (including phenoxy) is 2. The second-order valence-electron chi connectivity index (χ2n) is 5.45. The third-order valence-corrected chi connectivity index (χ3v) is 4.14. The SMILES string of the molecule is CC[C@H](C)[C@@H](NC(=O)COC(=O)/C=C/c1ccc(Br)cc1)C(=O)OC. The third-order valence-electron chi connectivity index (χ3n) is 3.61. The van der Waals surface area contributed by atoms with Crippen LogP contribution in [-0.2, 0) is 23.9 Å². The molecule has 1 N–H and O–H groups in total. The van der Waals surface area contributed by atoms with Gasteiger partial charge in [-0.3, -0.25) is 4.79 Å². The van der Waals surface area contributed by atoms with Gasteiger partial charge in [-0.25, -0.2) is 9.59 Å². The summed E-state index contributed by atoms with van der Waals surface area (Å²) in [4.78, 5) is 35.3. The highest BCUT2D eigenvalue weighted by Gasteiger charge is 2.26. The predicted molar refractivity (Wildman–Crippen MR) is 97.5 cm³/mol. The highest BCUT2D eigenvalue weighted by molar-refractivity contribution is 9.10. The topological polar surface area (TPSA) is 81.7 Å². The van der Waals surface area contributed by atoms with E-state index in [2.05, 4.69) is 26.0 Å². The van der Waals surface area contributed by atoms with E-state index < -0.39 is 30.5 Å². The van der Waals surface area contributed by atoms with Crippen molar-refractivity contribution in [1.29, 1.82) is 0 Å². The molecule has 0 aliphatic carbocycles. The Bertz CT molecular complexity index is 627. The molecule has 0 aromatic heterocycles. The van der Waals surface area contributed by atoms with Crippen molar-refractivity contribution in [3.8, 4) is 0 Å². The fourth-order valence-electron chi connectivity index (χ4n) is 1.93. The normalized spacial score (nSPS) is 13.1. The van der Waals surface area contributed by atoms with Gasteiger partial charge in [-0.05, 0) is 29.7 Å². The minimum atomic E-state index is -0.764. The Balaban J connectivity index is 2.50. The third kappa shape index (κ3) is 7.51. The first-order valence-electron chi connectivity index (χ1n) is 7.85. The number of nitrogens with one attached hydrogen (secondary N) is 1. The molecule has 0 saturated carbocycles. The van der Waals surface area contributed by atoms with Crippen LogP contribution >= 0.6 is 15.9 Å². The second kappa shape index (κ2) is 10.7. The lowest BCUT2D eigenvalue weighted by molar-refractivity contribution is -0.148. The van der Waals surface area contributed by atoms with Crippen LogP contribution in [-0.4, -0.2) is 37.6 Å². The van der Waals surface area contributed by atoms with Crippen molar-refractivity contribution in [3.05, 3.63) is 40.4 Å². The van der Waals surface area contributed by atoms with E-state index in [4.69, 9.17) is 4.74 Å². The second-order valence-corrected chi connectivity index (χ2v) is 6.36.